The van der Waals surface area contributed by atoms with Gasteiger partial charge in [0.2, 0.25) is 0 Å². The maximum atomic E-state index is 13.7. The molecular weight excluding hydrogens is 326 g/mol. The maximum Gasteiger partial charge on any atom is 0.149 e. The number of hydrogen-bond donors (Lipinski definition) is 2. The second kappa shape index (κ2) is 6.62. The summed E-state index contributed by atoms with van der Waals surface area (Å²) >= 11 is 0. The Bertz CT molecular complexity index is 840. The Morgan fingerprint density at radius 1 is 1.13 bits per heavy atom. The third kappa shape index (κ3) is 3.09. The molecule has 0 aliphatic rings. The van der Waals surface area contributed by atoms with E-state index < -0.39 is 11.6 Å². The minimum atomic E-state index is -0.715. The quantitative estimate of drug-likeness (QED) is 0.713. The zero-order valence-electron chi connectivity index (χ0n) is 12.0. The number of rotatable bonds is 3. The fraction of sp³-hybridized carbons (Fsp3) is 0.0667. The first-order valence-electron chi connectivity index (χ1n) is 6.39. The van der Waals surface area contributed by atoms with Gasteiger partial charge in [-0.3, -0.25) is 0 Å². The second-order valence-corrected chi connectivity index (χ2v) is 4.56. The highest BCUT2D eigenvalue weighted by atomic mass is 35.5. The molecule has 120 valence electrons. The van der Waals surface area contributed by atoms with Gasteiger partial charge >= 0.3 is 0 Å². The van der Waals surface area contributed by atoms with Crippen LogP contribution in [-0.2, 0) is 0 Å². The largest absolute Gasteiger partial charge is 0.495 e. The first-order valence-corrected chi connectivity index (χ1v) is 6.39. The van der Waals surface area contributed by atoms with E-state index in [9.17, 15) is 8.78 Å². The van der Waals surface area contributed by atoms with E-state index in [1.165, 1.54) is 19.5 Å². The molecule has 0 saturated carbocycles. The summed E-state index contributed by atoms with van der Waals surface area (Å²) in [5.74, 6) is -0.709. The van der Waals surface area contributed by atoms with E-state index in [2.05, 4.69) is 15.3 Å². The molecule has 0 atom stereocenters. The molecule has 0 aliphatic carbocycles. The zero-order valence-corrected chi connectivity index (χ0v) is 12.8. The van der Waals surface area contributed by atoms with Crippen LogP contribution in [0.3, 0.4) is 0 Å². The van der Waals surface area contributed by atoms with Gasteiger partial charge in [0.25, 0.3) is 0 Å². The van der Waals surface area contributed by atoms with E-state index in [-0.39, 0.29) is 23.9 Å². The van der Waals surface area contributed by atoms with Crippen molar-refractivity contribution in [1.82, 2.24) is 9.97 Å². The van der Waals surface area contributed by atoms with Gasteiger partial charge in [-0.05, 0) is 18.2 Å². The zero-order chi connectivity index (χ0) is 15.7. The molecule has 0 spiro atoms. The second-order valence-electron chi connectivity index (χ2n) is 4.56. The molecule has 0 amide bonds. The Morgan fingerprint density at radius 3 is 2.48 bits per heavy atom. The third-order valence-corrected chi connectivity index (χ3v) is 3.19. The van der Waals surface area contributed by atoms with Crippen LogP contribution in [0.15, 0.2) is 36.7 Å². The molecule has 5 nitrogen and oxygen atoms in total. The van der Waals surface area contributed by atoms with Crippen LogP contribution < -0.4 is 15.8 Å². The average Bonchev–Trinajstić information content (AvgIpc) is 2.51. The Balaban J connectivity index is 0.00000192. The molecule has 3 rings (SSSR count). The van der Waals surface area contributed by atoms with E-state index in [1.54, 1.807) is 12.1 Å². The van der Waals surface area contributed by atoms with Crippen LogP contribution >= 0.6 is 12.4 Å². The van der Waals surface area contributed by atoms with E-state index >= 15 is 0 Å². The number of fused-ring (bicyclic) bond motifs is 1. The first kappa shape index (κ1) is 16.7. The van der Waals surface area contributed by atoms with E-state index in [1.807, 2.05) is 0 Å². The number of anilines is 3. The standard InChI is InChI=1S/C15H12F2N4O.ClH/c1-22-13-6-12-8(5-11(13)18)15(20-7-19-12)21-14-9(16)3-2-4-10(14)17;/h2-7H,18H2,1H3,(H,19,20,21);1H. The Kier molecular flexibility index (Phi) is 4.80. The summed E-state index contributed by atoms with van der Waals surface area (Å²) in [5, 5.41) is 3.18. The van der Waals surface area contributed by atoms with Gasteiger partial charge in [0.05, 0.1) is 18.3 Å². The molecule has 8 heteroatoms. The predicted octanol–water partition coefficient (Wildman–Crippen LogP) is 3.66. The molecule has 23 heavy (non-hydrogen) atoms. The van der Waals surface area contributed by atoms with Crippen molar-refractivity contribution < 1.29 is 13.5 Å². The molecular formula is C15H13ClF2N4O. The predicted molar refractivity (Wildman–Crippen MR) is 87.4 cm³/mol. The number of nitrogens with two attached hydrogens (primary N) is 1. The number of methoxy groups -OCH3 is 1. The minimum absolute atomic E-state index is 0. The van der Waals surface area contributed by atoms with Crippen LogP contribution in [0, 0.1) is 11.6 Å². The lowest BCUT2D eigenvalue weighted by molar-refractivity contribution is 0.417. The van der Waals surface area contributed by atoms with Crippen LogP contribution in [0.5, 0.6) is 5.75 Å². The van der Waals surface area contributed by atoms with Crippen molar-refractivity contribution in [1.29, 1.82) is 0 Å². The van der Waals surface area contributed by atoms with Gasteiger partial charge in [-0.15, -0.1) is 12.4 Å². The van der Waals surface area contributed by atoms with Crippen molar-refractivity contribution in [3.63, 3.8) is 0 Å². The number of nitrogen functional groups attached to an aromatic ring is 1. The van der Waals surface area contributed by atoms with Crippen molar-refractivity contribution >= 4 is 40.5 Å². The molecule has 0 unspecified atom stereocenters. The number of benzene rings is 2. The Morgan fingerprint density at radius 2 is 1.83 bits per heavy atom. The van der Waals surface area contributed by atoms with Gasteiger partial charge < -0.3 is 15.8 Å². The monoisotopic (exact) mass is 338 g/mol. The molecule has 0 radical (unpaired) electrons. The normalized spacial score (nSPS) is 10.2. The Hall–Kier alpha value is -2.67. The number of halogens is 3. The number of nitrogens with one attached hydrogen (secondary N) is 1. The number of ether oxygens (including phenoxy) is 1. The molecule has 0 aliphatic heterocycles. The van der Waals surface area contributed by atoms with Crippen LogP contribution in [-0.4, -0.2) is 17.1 Å². The Labute approximate surface area is 136 Å². The van der Waals surface area contributed by atoms with Crippen molar-refractivity contribution in [2.75, 3.05) is 18.2 Å². The fourth-order valence-electron chi connectivity index (χ4n) is 2.11. The van der Waals surface area contributed by atoms with Gasteiger partial charge in [-0.25, -0.2) is 18.7 Å². The summed E-state index contributed by atoms with van der Waals surface area (Å²) in [6.07, 6.45) is 1.29. The highest BCUT2D eigenvalue weighted by molar-refractivity contribution is 5.94. The highest BCUT2D eigenvalue weighted by Crippen LogP contribution is 2.32. The fourth-order valence-corrected chi connectivity index (χ4v) is 2.11. The van der Waals surface area contributed by atoms with E-state index in [0.29, 0.717) is 22.3 Å². The molecule has 0 bridgehead atoms. The number of para-hydroxylation sites is 1. The SMILES string of the molecule is COc1cc2ncnc(Nc3c(F)cccc3F)c2cc1N.Cl. The summed E-state index contributed by atoms with van der Waals surface area (Å²) in [6.45, 7) is 0. The van der Waals surface area contributed by atoms with Crippen LogP contribution in [0.25, 0.3) is 10.9 Å². The van der Waals surface area contributed by atoms with Crippen LogP contribution in [0.1, 0.15) is 0 Å². The highest BCUT2D eigenvalue weighted by Gasteiger charge is 2.13. The lowest BCUT2D eigenvalue weighted by Gasteiger charge is -2.11. The minimum Gasteiger partial charge on any atom is -0.495 e. The van der Waals surface area contributed by atoms with Crippen molar-refractivity contribution in [3.8, 4) is 5.75 Å². The molecule has 0 saturated heterocycles. The van der Waals surface area contributed by atoms with Gasteiger partial charge in [0.1, 0.15) is 35.2 Å². The lowest BCUT2D eigenvalue weighted by Crippen LogP contribution is -2.01. The summed E-state index contributed by atoms with van der Waals surface area (Å²) in [7, 11) is 1.49. The van der Waals surface area contributed by atoms with Crippen molar-refractivity contribution in [2.24, 2.45) is 0 Å². The smallest absolute Gasteiger partial charge is 0.149 e. The number of hydrogen-bond acceptors (Lipinski definition) is 5. The van der Waals surface area contributed by atoms with Gasteiger partial charge in [-0.1, -0.05) is 6.07 Å². The first-order chi connectivity index (χ1) is 10.6. The average molecular weight is 339 g/mol. The topological polar surface area (TPSA) is 73.1 Å². The van der Waals surface area contributed by atoms with E-state index in [4.69, 9.17) is 10.5 Å². The molecule has 1 aromatic heterocycles. The number of nitrogens with zero attached hydrogens (tertiary/aromatic N) is 2. The summed E-state index contributed by atoms with van der Waals surface area (Å²) < 4.78 is 32.6. The molecule has 3 N–H and O–H groups in total. The van der Waals surface area contributed by atoms with Gasteiger partial charge in [0.15, 0.2) is 0 Å². The van der Waals surface area contributed by atoms with Crippen LogP contribution in [0.2, 0.25) is 0 Å². The maximum absolute atomic E-state index is 13.7. The third-order valence-electron chi connectivity index (χ3n) is 3.19. The molecule has 2 aromatic carbocycles. The lowest BCUT2D eigenvalue weighted by atomic mass is 10.2. The molecule has 0 fully saturated rings. The van der Waals surface area contributed by atoms with E-state index in [0.717, 1.165) is 12.1 Å². The summed E-state index contributed by atoms with van der Waals surface area (Å²) in [6, 6.07) is 6.83. The summed E-state index contributed by atoms with van der Waals surface area (Å²) in [4.78, 5) is 8.13. The van der Waals surface area contributed by atoms with Crippen LogP contribution in [0.4, 0.5) is 26.0 Å². The summed E-state index contributed by atoms with van der Waals surface area (Å²) in [5.41, 5.74) is 6.50. The van der Waals surface area contributed by atoms with Gasteiger partial charge in [-0.2, -0.15) is 0 Å². The van der Waals surface area contributed by atoms with Crippen molar-refractivity contribution in [3.05, 3.63) is 48.3 Å². The molecule has 3 aromatic rings. The molecule has 1 heterocycles. The van der Waals surface area contributed by atoms with Gasteiger partial charge in [0, 0.05) is 11.5 Å². The van der Waals surface area contributed by atoms with Crippen molar-refractivity contribution in [2.45, 2.75) is 0 Å². The number of aromatic nitrogens is 2.